The summed E-state index contributed by atoms with van der Waals surface area (Å²) in [6.45, 7) is 0. The van der Waals surface area contributed by atoms with Crippen LogP contribution in [0, 0.1) is 0 Å². The maximum Gasteiger partial charge on any atom is 0.0585 e. The summed E-state index contributed by atoms with van der Waals surface area (Å²) in [5.41, 5.74) is 3.84. The van der Waals surface area contributed by atoms with Crippen molar-refractivity contribution in [2.24, 2.45) is 0 Å². The zero-order chi connectivity index (χ0) is 9.54. The topological polar surface area (TPSA) is 36.0 Å². The van der Waals surface area contributed by atoms with Crippen LogP contribution in [0.5, 0.6) is 0 Å². The van der Waals surface area contributed by atoms with E-state index < -0.39 is 0 Å². The second-order valence-electron chi connectivity index (χ2n) is 4.02. The largest absolute Gasteiger partial charge is 0.393 e. The van der Waals surface area contributed by atoms with Crippen LogP contribution in [-0.2, 0) is 12.8 Å². The Kier molecular flexibility index (Phi) is 1.64. The van der Waals surface area contributed by atoms with Gasteiger partial charge in [-0.15, -0.1) is 0 Å². The fourth-order valence-corrected chi connectivity index (χ4v) is 2.35. The van der Waals surface area contributed by atoms with Crippen LogP contribution < -0.4 is 0 Å². The quantitative estimate of drug-likeness (QED) is 0.650. The highest BCUT2D eigenvalue weighted by Crippen LogP contribution is 2.28. The first-order valence-electron chi connectivity index (χ1n) is 5.11. The fourth-order valence-electron chi connectivity index (χ4n) is 2.35. The maximum absolute atomic E-state index is 9.62. The highest BCUT2D eigenvalue weighted by atomic mass is 16.3. The molecular formula is C12H13NO. The molecule has 2 aromatic rings. The Labute approximate surface area is 82.6 Å². The van der Waals surface area contributed by atoms with Crippen molar-refractivity contribution in [3.8, 4) is 0 Å². The van der Waals surface area contributed by atoms with E-state index in [1.165, 1.54) is 22.2 Å². The van der Waals surface area contributed by atoms with Gasteiger partial charge in [-0.25, -0.2) is 0 Å². The highest BCUT2D eigenvalue weighted by molar-refractivity contribution is 5.84. The van der Waals surface area contributed by atoms with Crippen molar-refractivity contribution in [3.05, 3.63) is 35.5 Å². The van der Waals surface area contributed by atoms with E-state index in [1.807, 2.05) is 6.07 Å². The van der Waals surface area contributed by atoms with Gasteiger partial charge in [-0.05, 0) is 24.5 Å². The summed E-state index contributed by atoms with van der Waals surface area (Å²) in [6.07, 6.45) is 2.52. The van der Waals surface area contributed by atoms with Crippen LogP contribution in [-0.4, -0.2) is 16.2 Å². The molecule has 1 atom stereocenters. The molecule has 2 nitrogen and oxygen atoms in total. The van der Waals surface area contributed by atoms with Crippen LogP contribution in [0.2, 0.25) is 0 Å². The normalized spacial score (nSPS) is 21.1. The third-order valence-corrected chi connectivity index (χ3v) is 3.07. The van der Waals surface area contributed by atoms with Crippen LogP contribution >= 0.6 is 0 Å². The van der Waals surface area contributed by atoms with Gasteiger partial charge < -0.3 is 10.1 Å². The zero-order valence-electron chi connectivity index (χ0n) is 7.96. The Morgan fingerprint density at radius 3 is 3.07 bits per heavy atom. The summed E-state index contributed by atoms with van der Waals surface area (Å²) >= 11 is 0. The standard InChI is InChI=1S/C12H13NO/c14-8-5-6-12-10(7-8)9-3-1-2-4-11(9)13-12/h1-4,8,13-14H,5-7H2/t8-/m0/s1. The summed E-state index contributed by atoms with van der Waals surface area (Å²) in [5.74, 6) is 0. The molecular weight excluding hydrogens is 174 g/mol. The fraction of sp³-hybridized carbons (Fsp3) is 0.333. The van der Waals surface area contributed by atoms with Gasteiger partial charge in [0.1, 0.15) is 0 Å². The van der Waals surface area contributed by atoms with Gasteiger partial charge in [0.05, 0.1) is 6.10 Å². The maximum atomic E-state index is 9.62. The molecule has 0 amide bonds. The van der Waals surface area contributed by atoms with E-state index >= 15 is 0 Å². The highest BCUT2D eigenvalue weighted by Gasteiger charge is 2.20. The average molecular weight is 187 g/mol. The summed E-state index contributed by atoms with van der Waals surface area (Å²) in [5, 5.41) is 10.9. The van der Waals surface area contributed by atoms with Crippen molar-refractivity contribution >= 4 is 10.9 Å². The Morgan fingerprint density at radius 2 is 2.14 bits per heavy atom. The first kappa shape index (κ1) is 8.06. The number of nitrogens with one attached hydrogen (secondary N) is 1. The number of H-pyrrole nitrogens is 1. The van der Waals surface area contributed by atoms with Crippen LogP contribution in [0.15, 0.2) is 24.3 Å². The molecule has 0 saturated carbocycles. The van der Waals surface area contributed by atoms with Crippen LogP contribution in [0.25, 0.3) is 10.9 Å². The molecule has 1 aromatic carbocycles. The Bertz CT molecular complexity index is 472. The van der Waals surface area contributed by atoms with E-state index in [-0.39, 0.29) is 6.10 Å². The molecule has 0 spiro atoms. The number of aromatic amines is 1. The predicted molar refractivity (Wildman–Crippen MR) is 56.3 cm³/mol. The van der Waals surface area contributed by atoms with Gasteiger partial charge in [0.15, 0.2) is 0 Å². The number of aryl methyl sites for hydroxylation is 1. The molecule has 3 rings (SSSR count). The van der Waals surface area contributed by atoms with Crippen LogP contribution in [0.1, 0.15) is 17.7 Å². The van der Waals surface area contributed by atoms with Crippen molar-refractivity contribution in [2.45, 2.75) is 25.4 Å². The van der Waals surface area contributed by atoms with Crippen molar-refractivity contribution in [2.75, 3.05) is 0 Å². The Balaban J connectivity index is 2.25. The first-order chi connectivity index (χ1) is 6.84. The van der Waals surface area contributed by atoms with E-state index in [4.69, 9.17) is 0 Å². The molecule has 1 aliphatic carbocycles. The van der Waals surface area contributed by atoms with Gasteiger partial charge in [-0.1, -0.05) is 18.2 Å². The summed E-state index contributed by atoms with van der Waals surface area (Å²) in [7, 11) is 0. The van der Waals surface area contributed by atoms with E-state index in [0.717, 1.165) is 19.3 Å². The minimum atomic E-state index is -0.151. The van der Waals surface area contributed by atoms with Crippen molar-refractivity contribution < 1.29 is 5.11 Å². The van der Waals surface area contributed by atoms with Gasteiger partial charge in [-0.2, -0.15) is 0 Å². The monoisotopic (exact) mass is 187 g/mol. The molecule has 1 heterocycles. The number of aliphatic hydroxyl groups excluding tert-OH is 1. The third-order valence-electron chi connectivity index (χ3n) is 3.07. The molecule has 0 aliphatic heterocycles. The first-order valence-corrected chi connectivity index (χ1v) is 5.11. The number of rotatable bonds is 0. The molecule has 14 heavy (non-hydrogen) atoms. The van der Waals surface area contributed by atoms with Gasteiger partial charge >= 0.3 is 0 Å². The van der Waals surface area contributed by atoms with E-state index in [0.29, 0.717) is 0 Å². The molecule has 2 heteroatoms. The van der Waals surface area contributed by atoms with Gasteiger partial charge in [0.2, 0.25) is 0 Å². The van der Waals surface area contributed by atoms with Gasteiger partial charge in [-0.3, -0.25) is 0 Å². The SMILES string of the molecule is O[C@H]1CCc2[nH]c3ccccc3c2C1. The summed E-state index contributed by atoms with van der Waals surface area (Å²) < 4.78 is 0. The number of para-hydroxylation sites is 1. The third kappa shape index (κ3) is 1.07. The average Bonchev–Trinajstić information content (AvgIpc) is 2.56. The van der Waals surface area contributed by atoms with Crippen molar-refractivity contribution in [1.29, 1.82) is 0 Å². The number of aliphatic hydroxyl groups is 1. The minimum Gasteiger partial charge on any atom is -0.393 e. The lowest BCUT2D eigenvalue weighted by Crippen LogP contribution is -2.17. The number of aromatic nitrogens is 1. The lowest BCUT2D eigenvalue weighted by Gasteiger charge is -2.16. The molecule has 0 unspecified atom stereocenters. The second kappa shape index (κ2) is 2.85. The molecule has 1 aromatic heterocycles. The lowest BCUT2D eigenvalue weighted by molar-refractivity contribution is 0.158. The molecule has 0 fully saturated rings. The molecule has 72 valence electrons. The Hall–Kier alpha value is -1.28. The Morgan fingerprint density at radius 1 is 1.29 bits per heavy atom. The van der Waals surface area contributed by atoms with E-state index in [9.17, 15) is 5.11 Å². The molecule has 1 aliphatic rings. The molecule has 0 bridgehead atoms. The molecule has 0 radical (unpaired) electrons. The lowest BCUT2D eigenvalue weighted by atomic mass is 9.93. The minimum absolute atomic E-state index is 0.151. The number of fused-ring (bicyclic) bond motifs is 3. The number of hydrogen-bond donors (Lipinski definition) is 2. The van der Waals surface area contributed by atoms with Crippen molar-refractivity contribution in [1.82, 2.24) is 4.98 Å². The zero-order valence-corrected chi connectivity index (χ0v) is 7.96. The van der Waals surface area contributed by atoms with Crippen molar-refractivity contribution in [3.63, 3.8) is 0 Å². The van der Waals surface area contributed by atoms with Gasteiger partial charge in [0.25, 0.3) is 0 Å². The smallest absolute Gasteiger partial charge is 0.0585 e. The van der Waals surface area contributed by atoms with Gasteiger partial charge in [0, 0.05) is 23.0 Å². The summed E-state index contributed by atoms with van der Waals surface area (Å²) in [6, 6.07) is 8.32. The number of benzene rings is 1. The molecule has 0 saturated heterocycles. The second-order valence-corrected chi connectivity index (χ2v) is 4.02. The predicted octanol–water partition coefficient (Wildman–Crippen LogP) is 2.02. The van der Waals surface area contributed by atoms with Crippen LogP contribution in [0.4, 0.5) is 0 Å². The van der Waals surface area contributed by atoms with E-state index in [1.54, 1.807) is 0 Å². The number of hydrogen-bond acceptors (Lipinski definition) is 1. The van der Waals surface area contributed by atoms with E-state index in [2.05, 4.69) is 23.2 Å². The molecule has 2 N–H and O–H groups in total. The summed E-state index contributed by atoms with van der Waals surface area (Å²) in [4.78, 5) is 3.43. The van der Waals surface area contributed by atoms with Crippen LogP contribution in [0.3, 0.4) is 0 Å².